The van der Waals surface area contributed by atoms with Gasteiger partial charge in [-0.3, -0.25) is 0 Å². The standard InChI is InChI=1S/C15H24FNS/c1-12-11-14(16)6-5-13(12)7-8-17-9-10-18-15(2,3)4/h5-6,11,17H,7-10H2,1-4H3. The van der Waals surface area contributed by atoms with E-state index in [1.807, 2.05) is 24.8 Å². The molecule has 0 saturated carbocycles. The minimum absolute atomic E-state index is 0.147. The highest BCUT2D eigenvalue weighted by Gasteiger charge is 2.09. The molecule has 0 bridgehead atoms. The Morgan fingerprint density at radius 2 is 1.94 bits per heavy atom. The molecule has 102 valence electrons. The van der Waals surface area contributed by atoms with E-state index in [2.05, 4.69) is 26.1 Å². The van der Waals surface area contributed by atoms with Crippen LogP contribution in [-0.2, 0) is 6.42 Å². The smallest absolute Gasteiger partial charge is 0.123 e. The quantitative estimate of drug-likeness (QED) is 0.788. The first-order chi connectivity index (χ1) is 8.38. The summed E-state index contributed by atoms with van der Waals surface area (Å²) in [7, 11) is 0. The summed E-state index contributed by atoms with van der Waals surface area (Å²) in [6.07, 6.45) is 0.965. The Kier molecular flexibility index (Phi) is 6.16. The molecule has 0 aliphatic rings. The van der Waals surface area contributed by atoms with Crippen LogP contribution in [0, 0.1) is 12.7 Å². The molecule has 0 aliphatic heterocycles. The van der Waals surface area contributed by atoms with Gasteiger partial charge in [0.15, 0.2) is 0 Å². The second kappa shape index (κ2) is 7.15. The molecule has 0 fully saturated rings. The number of hydrogen-bond donors (Lipinski definition) is 1. The van der Waals surface area contributed by atoms with Crippen molar-refractivity contribution in [2.45, 2.75) is 38.9 Å². The lowest BCUT2D eigenvalue weighted by molar-refractivity contribution is 0.624. The van der Waals surface area contributed by atoms with Crippen LogP contribution >= 0.6 is 11.8 Å². The molecule has 1 nitrogen and oxygen atoms in total. The fraction of sp³-hybridized carbons (Fsp3) is 0.600. The van der Waals surface area contributed by atoms with Crippen LogP contribution in [0.15, 0.2) is 18.2 Å². The van der Waals surface area contributed by atoms with Gasteiger partial charge in [0.05, 0.1) is 0 Å². The summed E-state index contributed by atoms with van der Waals surface area (Å²) in [5.41, 5.74) is 2.27. The third kappa shape index (κ3) is 6.41. The van der Waals surface area contributed by atoms with E-state index in [1.165, 1.54) is 11.6 Å². The van der Waals surface area contributed by atoms with Crippen molar-refractivity contribution in [1.82, 2.24) is 5.32 Å². The zero-order valence-electron chi connectivity index (χ0n) is 11.8. The Labute approximate surface area is 115 Å². The first kappa shape index (κ1) is 15.5. The maximum Gasteiger partial charge on any atom is 0.123 e. The lowest BCUT2D eigenvalue weighted by Gasteiger charge is -2.17. The Morgan fingerprint density at radius 1 is 1.22 bits per heavy atom. The Balaban J connectivity index is 2.18. The molecule has 0 aromatic heterocycles. The predicted molar refractivity (Wildman–Crippen MR) is 79.9 cm³/mol. The van der Waals surface area contributed by atoms with Gasteiger partial charge < -0.3 is 5.32 Å². The number of halogens is 1. The highest BCUT2D eigenvalue weighted by Crippen LogP contribution is 2.21. The van der Waals surface area contributed by atoms with E-state index in [9.17, 15) is 4.39 Å². The summed E-state index contributed by atoms with van der Waals surface area (Å²) >= 11 is 1.97. The summed E-state index contributed by atoms with van der Waals surface area (Å²) in [6.45, 7) is 10.7. The second-order valence-corrected chi connectivity index (χ2v) is 7.45. The molecule has 0 unspecified atom stereocenters. The van der Waals surface area contributed by atoms with Crippen LogP contribution in [-0.4, -0.2) is 23.6 Å². The van der Waals surface area contributed by atoms with E-state index >= 15 is 0 Å². The van der Waals surface area contributed by atoms with E-state index < -0.39 is 0 Å². The number of benzene rings is 1. The molecule has 1 aromatic rings. The summed E-state index contributed by atoms with van der Waals surface area (Å²) in [5, 5.41) is 3.43. The van der Waals surface area contributed by atoms with E-state index in [-0.39, 0.29) is 5.82 Å². The lowest BCUT2D eigenvalue weighted by atomic mass is 10.1. The number of thioether (sulfide) groups is 1. The van der Waals surface area contributed by atoms with Crippen molar-refractivity contribution in [3.05, 3.63) is 35.1 Å². The molecule has 0 aliphatic carbocycles. The summed E-state index contributed by atoms with van der Waals surface area (Å²) in [6, 6.07) is 5.03. The third-order valence-electron chi connectivity index (χ3n) is 2.69. The first-order valence-electron chi connectivity index (χ1n) is 6.48. The number of aryl methyl sites for hydroxylation is 1. The molecule has 0 radical (unpaired) electrons. The monoisotopic (exact) mass is 269 g/mol. The van der Waals surface area contributed by atoms with Crippen molar-refractivity contribution in [3.63, 3.8) is 0 Å². The minimum atomic E-state index is -0.147. The van der Waals surface area contributed by atoms with E-state index in [0.717, 1.165) is 30.8 Å². The van der Waals surface area contributed by atoms with Crippen LogP contribution in [0.4, 0.5) is 4.39 Å². The minimum Gasteiger partial charge on any atom is -0.316 e. The molecule has 0 amide bonds. The predicted octanol–water partition coefficient (Wildman–Crippen LogP) is 3.80. The fourth-order valence-electron chi connectivity index (χ4n) is 1.72. The van der Waals surface area contributed by atoms with Gasteiger partial charge in [0.1, 0.15) is 5.82 Å². The van der Waals surface area contributed by atoms with Gasteiger partial charge in [-0.25, -0.2) is 4.39 Å². The van der Waals surface area contributed by atoms with Crippen LogP contribution in [0.5, 0.6) is 0 Å². The second-order valence-electron chi connectivity index (χ2n) is 5.53. The van der Waals surface area contributed by atoms with Crippen LogP contribution in [0.3, 0.4) is 0 Å². The molecule has 1 rings (SSSR count). The Morgan fingerprint density at radius 3 is 2.56 bits per heavy atom. The summed E-state index contributed by atoms with van der Waals surface area (Å²) in [5.74, 6) is 0.983. The lowest BCUT2D eigenvalue weighted by Crippen LogP contribution is -2.22. The summed E-state index contributed by atoms with van der Waals surface area (Å²) < 4.78 is 13.3. The Bertz CT molecular complexity index is 371. The number of nitrogens with one attached hydrogen (secondary N) is 1. The average molecular weight is 269 g/mol. The molecule has 3 heteroatoms. The van der Waals surface area contributed by atoms with Gasteiger partial charge in [-0.1, -0.05) is 26.8 Å². The van der Waals surface area contributed by atoms with Gasteiger partial charge in [-0.2, -0.15) is 11.8 Å². The van der Waals surface area contributed by atoms with Crippen LogP contribution < -0.4 is 5.32 Å². The molecular weight excluding hydrogens is 245 g/mol. The van der Waals surface area contributed by atoms with Crippen molar-refractivity contribution < 1.29 is 4.39 Å². The topological polar surface area (TPSA) is 12.0 Å². The van der Waals surface area contributed by atoms with Crippen molar-refractivity contribution in [3.8, 4) is 0 Å². The van der Waals surface area contributed by atoms with Gasteiger partial charge in [0.25, 0.3) is 0 Å². The third-order valence-corrected chi connectivity index (χ3v) is 3.96. The molecule has 0 spiro atoms. The number of hydrogen-bond acceptors (Lipinski definition) is 2. The van der Waals surface area contributed by atoms with Crippen LogP contribution in [0.25, 0.3) is 0 Å². The molecule has 1 aromatic carbocycles. The molecule has 18 heavy (non-hydrogen) atoms. The van der Waals surface area contributed by atoms with Gasteiger partial charge in [-0.05, 0) is 43.1 Å². The van der Waals surface area contributed by atoms with E-state index in [4.69, 9.17) is 0 Å². The first-order valence-corrected chi connectivity index (χ1v) is 7.47. The van der Waals surface area contributed by atoms with E-state index in [0.29, 0.717) is 4.75 Å². The highest BCUT2D eigenvalue weighted by molar-refractivity contribution is 8.00. The van der Waals surface area contributed by atoms with Crippen molar-refractivity contribution in [2.24, 2.45) is 0 Å². The zero-order chi connectivity index (χ0) is 13.6. The van der Waals surface area contributed by atoms with Gasteiger partial charge in [-0.15, -0.1) is 0 Å². The largest absolute Gasteiger partial charge is 0.316 e. The molecule has 0 atom stereocenters. The van der Waals surface area contributed by atoms with E-state index in [1.54, 1.807) is 6.07 Å². The summed E-state index contributed by atoms with van der Waals surface area (Å²) in [4.78, 5) is 0. The van der Waals surface area contributed by atoms with Gasteiger partial charge >= 0.3 is 0 Å². The molecule has 0 saturated heterocycles. The fourth-order valence-corrected chi connectivity index (χ4v) is 2.58. The molecule has 0 heterocycles. The van der Waals surface area contributed by atoms with Crippen LogP contribution in [0.2, 0.25) is 0 Å². The van der Waals surface area contributed by atoms with Gasteiger partial charge in [0, 0.05) is 17.0 Å². The zero-order valence-corrected chi connectivity index (χ0v) is 12.7. The molecular formula is C15H24FNS. The van der Waals surface area contributed by atoms with Crippen molar-refractivity contribution in [1.29, 1.82) is 0 Å². The average Bonchev–Trinajstić information content (AvgIpc) is 2.24. The maximum atomic E-state index is 12.9. The maximum absolute atomic E-state index is 12.9. The normalized spacial score (nSPS) is 11.8. The highest BCUT2D eigenvalue weighted by atomic mass is 32.2. The van der Waals surface area contributed by atoms with Crippen molar-refractivity contribution in [2.75, 3.05) is 18.8 Å². The van der Waals surface area contributed by atoms with Crippen LogP contribution in [0.1, 0.15) is 31.9 Å². The van der Waals surface area contributed by atoms with Gasteiger partial charge in [0.2, 0.25) is 0 Å². The van der Waals surface area contributed by atoms with Crippen molar-refractivity contribution >= 4 is 11.8 Å². The SMILES string of the molecule is Cc1cc(F)ccc1CCNCCSC(C)(C)C. The number of rotatable bonds is 6. The Hall–Kier alpha value is -0.540. The molecule has 1 N–H and O–H groups in total.